The van der Waals surface area contributed by atoms with Crippen molar-refractivity contribution in [2.45, 2.75) is 6.54 Å². The molecule has 0 saturated carbocycles. The van der Waals surface area contributed by atoms with E-state index in [2.05, 4.69) is 5.32 Å². The molecule has 0 aliphatic rings. The molecule has 4 heteroatoms. The first-order valence-corrected chi connectivity index (χ1v) is 6.84. The Balaban J connectivity index is 1.90. The van der Waals surface area contributed by atoms with Gasteiger partial charge in [-0.2, -0.15) is 11.3 Å². The van der Waals surface area contributed by atoms with Gasteiger partial charge < -0.3 is 10.1 Å². The number of hydrogen-bond acceptors (Lipinski definition) is 3. The van der Waals surface area contributed by atoms with Gasteiger partial charge in [0.25, 0.3) is 0 Å². The minimum Gasteiger partial charge on any atom is -0.496 e. The highest BCUT2D eigenvalue weighted by Crippen LogP contribution is 2.16. The molecule has 3 nitrogen and oxygen atoms in total. The molecule has 0 fully saturated rings. The second-order valence-corrected chi connectivity index (χ2v) is 4.70. The Morgan fingerprint density at radius 1 is 1.37 bits per heavy atom. The average molecular weight is 273 g/mol. The normalized spacial score (nSPS) is 10.6. The van der Waals surface area contributed by atoms with Crippen LogP contribution in [0.15, 0.2) is 47.2 Å². The van der Waals surface area contributed by atoms with Crippen LogP contribution in [-0.2, 0) is 11.3 Å². The molecule has 0 spiro atoms. The highest BCUT2D eigenvalue weighted by Gasteiger charge is 2.02. The minimum absolute atomic E-state index is 0.114. The molecular formula is C15H15NO2S. The van der Waals surface area contributed by atoms with E-state index >= 15 is 0 Å². The summed E-state index contributed by atoms with van der Waals surface area (Å²) in [5.41, 5.74) is 2.00. The Morgan fingerprint density at radius 2 is 2.21 bits per heavy atom. The van der Waals surface area contributed by atoms with Crippen molar-refractivity contribution in [1.82, 2.24) is 5.32 Å². The summed E-state index contributed by atoms with van der Waals surface area (Å²) in [7, 11) is 1.62. The third kappa shape index (κ3) is 3.96. The Hall–Kier alpha value is -2.07. The molecule has 0 atom stereocenters. The van der Waals surface area contributed by atoms with Crippen LogP contribution in [0.25, 0.3) is 6.08 Å². The van der Waals surface area contributed by atoms with E-state index < -0.39 is 0 Å². The van der Waals surface area contributed by atoms with E-state index in [-0.39, 0.29) is 5.91 Å². The monoisotopic (exact) mass is 273 g/mol. The molecule has 2 rings (SSSR count). The molecule has 98 valence electrons. The Bertz CT molecular complexity index is 561. The number of rotatable bonds is 5. The van der Waals surface area contributed by atoms with Crippen molar-refractivity contribution in [2.24, 2.45) is 0 Å². The molecule has 0 bridgehead atoms. The van der Waals surface area contributed by atoms with Crippen LogP contribution in [0.1, 0.15) is 11.1 Å². The summed E-state index contributed by atoms with van der Waals surface area (Å²) in [5.74, 6) is 0.668. The smallest absolute Gasteiger partial charge is 0.244 e. The Morgan fingerprint density at radius 3 is 2.95 bits per heavy atom. The van der Waals surface area contributed by atoms with E-state index in [0.29, 0.717) is 6.54 Å². The standard InChI is InChI=1S/C15H15NO2S/c1-18-14-5-3-2-4-13(14)10-16-15(17)7-6-12-8-9-19-11-12/h2-9,11H,10H2,1H3,(H,16,17)/b7-6+. The molecule has 1 heterocycles. The van der Waals surface area contributed by atoms with Crippen LogP contribution >= 0.6 is 11.3 Å². The van der Waals surface area contributed by atoms with E-state index in [0.717, 1.165) is 16.9 Å². The maximum atomic E-state index is 11.7. The molecule has 0 aliphatic carbocycles. The molecule has 1 aromatic heterocycles. The minimum atomic E-state index is -0.114. The molecule has 1 N–H and O–H groups in total. The lowest BCUT2D eigenvalue weighted by Crippen LogP contribution is -2.20. The number of ether oxygens (including phenoxy) is 1. The van der Waals surface area contributed by atoms with Gasteiger partial charge in [0.1, 0.15) is 5.75 Å². The van der Waals surface area contributed by atoms with Crippen LogP contribution in [0.4, 0.5) is 0 Å². The van der Waals surface area contributed by atoms with Crippen LogP contribution in [-0.4, -0.2) is 13.0 Å². The SMILES string of the molecule is COc1ccccc1CNC(=O)/C=C/c1ccsc1. The van der Waals surface area contributed by atoms with Gasteiger partial charge in [0, 0.05) is 18.2 Å². The number of methoxy groups -OCH3 is 1. The summed E-state index contributed by atoms with van der Waals surface area (Å²) in [5, 5.41) is 6.80. The number of para-hydroxylation sites is 1. The van der Waals surface area contributed by atoms with Crippen molar-refractivity contribution in [3.63, 3.8) is 0 Å². The van der Waals surface area contributed by atoms with Crippen molar-refractivity contribution >= 4 is 23.3 Å². The zero-order chi connectivity index (χ0) is 13.5. The fourth-order valence-corrected chi connectivity index (χ4v) is 2.26. The number of nitrogens with one attached hydrogen (secondary N) is 1. The summed E-state index contributed by atoms with van der Waals surface area (Å²) < 4.78 is 5.23. The number of hydrogen-bond donors (Lipinski definition) is 1. The summed E-state index contributed by atoms with van der Waals surface area (Å²) in [4.78, 5) is 11.7. The number of carbonyl (C=O) groups excluding carboxylic acids is 1. The summed E-state index contributed by atoms with van der Waals surface area (Å²) in [6.07, 6.45) is 3.34. The van der Waals surface area contributed by atoms with Gasteiger partial charge in [-0.05, 0) is 34.5 Å². The molecule has 1 aromatic carbocycles. The first-order valence-electron chi connectivity index (χ1n) is 5.89. The quantitative estimate of drug-likeness (QED) is 0.850. The molecule has 0 aliphatic heterocycles. The molecule has 0 saturated heterocycles. The first-order chi connectivity index (χ1) is 9.29. The number of thiophene rings is 1. The van der Waals surface area contributed by atoms with Crippen molar-refractivity contribution in [3.8, 4) is 5.75 Å². The molecule has 19 heavy (non-hydrogen) atoms. The number of benzene rings is 1. The van der Waals surface area contributed by atoms with E-state index in [1.807, 2.05) is 41.1 Å². The fourth-order valence-electron chi connectivity index (χ4n) is 1.63. The van der Waals surface area contributed by atoms with Gasteiger partial charge in [0.05, 0.1) is 7.11 Å². The molecule has 0 radical (unpaired) electrons. The third-order valence-electron chi connectivity index (χ3n) is 2.62. The zero-order valence-electron chi connectivity index (χ0n) is 10.6. The van der Waals surface area contributed by atoms with Gasteiger partial charge in [0.2, 0.25) is 5.91 Å². The van der Waals surface area contributed by atoms with E-state index in [1.54, 1.807) is 24.5 Å². The first kappa shape index (κ1) is 13.4. The second kappa shape index (κ2) is 6.75. The van der Waals surface area contributed by atoms with Crippen LogP contribution < -0.4 is 10.1 Å². The lowest BCUT2D eigenvalue weighted by atomic mass is 10.2. The van der Waals surface area contributed by atoms with Crippen molar-refractivity contribution in [1.29, 1.82) is 0 Å². The van der Waals surface area contributed by atoms with Gasteiger partial charge in [-0.15, -0.1) is 0 Å². The van der Waals surface area contributed by atoms with Gasteiger partial charge in [-0.25, -0.2) is 0 Å². The average Bonchev–Trinajstić information content (AvgIpc) is 2.96. The van der Waals surface area contributed by atoms with Gasteiger partial charge in [0.15, 0.2) is 0 Å². The molecule has 1 amide bonds. The molecule has 2 aromatic rings. The predicted molar refractivity (Wildman–Crippen MR) is 78.2 cm³/mol. The van der Waals surface area contributed by atoms with Crippen molar-refractivity contribution < 1.29 is 9.53 Å². The van der Waals surface area contributed by atoms with Crippen molar-refractivity contribution in [3.05, 3.63) is 58.3 Å². The molecular weight excluding hydrogens is 258 g/mol. The topological polar surface area (TPSA) is 38.3 Å². The molecule has 0 unspecified atom stereocenters. The Kier molecular flexibility index (Phi) is 4.75. The largest absolute Gasteiger partial charge is 0.496 e. The zero-order valence-corrected chi connectivity index (χ0v) is 11.4. The van der Waals surface area contributed by atoms with Crippen LogP contribution in [0, 0.1) is 0 Å². The summed E-state index contributed by atoms with van der Waals surface area (Å²) >= 11 is 1.61. The maximum Gasteiger partial charge on any atom is 0.244 e. The van der Waals surface area contributed by atoms with Crippen LogP contribution in [0.5, 0.6) is 5.75 Å². The van der Waals surface area contributed by atoms with E-state index in [9.17, 15) is 4.79 Å². The van der Waals surface area contributed by atoms with E-state index in [4.69, 9.17) is 4.74 Å². The number of amides is 1. The van der Waals surface area contributed by atoms with Crippen LogP contribution in [0.2, 0.25) is 0 Å². The maximum absolute atomic E-state index is 11.7. The Labute approximate surface area is 116 Å². The lowest BCUT2D eigenvalue weighted by molar-refractivity contribution is -0.116. The van der Waals surface area contributed by atoms with E-state index in [1.165, 1.54) is 6.08 Å². The number of carbonyl (C=O) groups is 1. The highest BCUT2D eigenvalue weighted by atomic mass is 32.1. The van der Waals surface area contributed by atoms with Gasteiger partial charge in [-0.1, -0.05) is 18.2 Å². The van der Waals surface area contributed by atoms with Gasteiger partial charge in [-0.3, -0.25) is 4.79 Å². The van der Waals surface area contributed by atoms with Crippen molar-refractivity contribution in [2.75, 3.05) is 7.11 Å². The fraction of sp³-hybridized carbons (Fsp3) is 0.133. The summed E-state index contributed by atoms with van der Waals surface area (Å²) in [6, 6.07) is 9.60. The third-order valence-corrected chi connectivity index (χ3v) is 3.32. The predicted octanol–water partition coefficient (Wildman–Crippen LogP) is 3.09. The van der Waals surface area contributed by atoms with Crippen LogP contribution in [0.3, 0.4) is 0 Å². The second-order valence-electron chi connectivity index (χ2n) is 3.92. The highest BCUT2D eigenvalue weighted by molar-refractivity contribution is 7.08. The van der Waals surface area contributed by atoms with Gasteiger partial charge >= 0.3 is 0 Å². The lowest BCUT2D eigenvalue weighted by Gasteiger charge is -2.08. The summed E-state index contributed by atoms with van der Waals surface area (Å²) in [6.45, 7) is 0.455.